The minimum Gasteiger partial charge on any atom is -0.414 e. The van der Waals surface area contributed by atoms with E-state index in [9.17, 15) is 19.2 Å². The van der Waals surface area contributed by atoms with Gasteiger partial charge in [-0.1, -0.05) is 41.5 Å². The number of rotatable bonds is 7. The third-order valence-corrected chi connectivity index (χ3v) is 20.3. The van der Waals surface area contributed by atoms with E-state index in [0.29, 0.717) is 62.7 Å². The molecule has 1 fully saturated rings. The van der Waals surface area contributed by atoms with E-state index in [0.717, 1.165) is 11.4 Å². The smallest absolute Gasteiger partial charge is 0.330 e. The van der Waals surface area contributed by atoms with Crippen LogP contribution in [0.15, 0.2) is 38.3 Å². The minimum absolute atomic E-state index is 0.00851. The summed E-state index contributed by atoms with van der Waals surface area (Å²) in [4.78, 5) is 56.3. The quantitative estimate of drug-likeness (QED) is 0.341. The van der Waals surface area contributed by atoms with E-state index >= 15 is 0 Å². The van der Waals surface area contributed by atoms with Gasteiger partial charge in [0, 0.05) is 53.6 Å². The molecule has 0 unspecified atom stereocenters. The molecule has 3 heterocycles. The third-order valence-electron chi connectivity index (χ3n) is 11.3. The van der Waals surface area contributed by atoms with Gasteiger partial charge in [0.15, 0.2) is 28.2 Å². The molecule has 46 heavy (non-hydrogen) atoms. The maximum absolute atomic E-state index is 13.6. The van der Waals surface area contributed by atoms with Crippen molar-refractivity contribution in [1.82, 2.24) is 14.9 Å². The number of allylic oxidation sites excluding steroid dienone is 4. The molecule has 0 amide bonds. The first-order valence-electron chi connectivity index (χ1n) is 16.8. The Morgan fingerprint density at radius 2 is 1.39 bits per heavy atom. The lowest BCUT2D eigenvalue weighted by Gasteiger charge is -2.40. The Hall–Kier alpha value is -2.39. The molecule has 5 rings (SSSR count). The summed E-state index contributed by atoms with van der Waals surface area (Å²) < 4.78 is 21.6. The molecule has 0 saturated carbocycles. The number of aromatic amines is 1. The molecule has 1 aromatic heterocycles. The Labute approximate surface area is 274 Å². The summed E-state index contributed by atoms with van der Waals surface area (Å²) in [6.07, 6.45) is 3.97. The molecule has 1 aromatic rings. The van der Waals surface area contributed by atoms with Gasteiger partial charge in [-0.2, -0.15) is 0 Å². The number of ether oxygens (including phenoxy) is 1. The highest BCUT2D eigenvalue weighted by molar-refractivity contribution is 6.74. The summed E-state index contributed by atoms with van der Waals surface area (Å²) >= 11 is 0. The summed E-state index contributed by atoms with van der Waals surface area (Å²) in [6, 6.07) is 0. The second-order valence-electron chi connectivity index (χ2n) is 16.5. The van der Waals surface area contributed by atoms with Crippen molar-refractivity contribution in [2.24, 2.45) is 0 Å². The summed E-state index contributed by atoms with van der Waals surface area (Å²) in [5.74, 6) is -0.951. The van der Waals surface area contributed by atoms with Crippen molar-refractivity contribution in [2.45, 2.75) is 147 Å². The van der Waals surface area contributed by atoms with E-state index in [1.54, 1.807) is 0 Å². The summed E-state index contributed by atoms with van der Waals surface area (Å²) in [5.41, 5.74) is 1.56. The summed E-state index contributed by atoms with van der Waals surface area (Å²) in [6.45, 7) is 22.3. The third kappa shape index (κ3) is 6.52. The van der Waals surface area contributed by atoms with Crippen LogP contribution < -0.4 is 16.6 Å². The summed E-state index contributed by atoms with van der Waals surface area (Å²) in [7, 11) is -4.35. The van der Waals surface area contributed by atoms with E-state index in [-0.39, 0.29) is 33.3 Å². The predicted octanol–water partition coefficient (Wildman–Crippen LogP) is 5.94. The Kier molecular flexibility index (Phi) is 9.30. The van der Waals surface area contributed by atoms with E-state index in [1.165, 1.54) is 10.8 Å². The largest absolute Gasteiger partial charge is 0.414 e. The lowest BCUT2D eigenvalue weighted by molar-refractivity contribution is -0.117. The molecular weight excluding hydrogens is 619 g/mol. The maximum Gasteiger partial charge on any atom is 0.330 e. The van der Waals surface area contributed by atoms with Crippen molar-refractivity contribution < 1.29 is 23.2 Å². The second-order valence-corrected chi connectivity index (χ2v) is 26.1. The van der Waals surface area contributed by atoms with Crippen LogP contribution in [-0.2, 0) is 23.2 Å². The molecule has 10 nitrogen and oxygen atoms in total. The van der Waals surface area contributed by atoms with Crippen LogP contribution in [0.25, 0.3) is 0 Å². The first kappa shape index (κ1) is 34.9. The lowest BCUT2D eigenvalue weighted by atomic mass is 9.72. The SMILES string of the molecule is CC(C)(C)[Si](C)(C)OC[C@H]1O[C@@H](n2cc(C3C4=C(CCCC4=O)NC4=C3C(=O)CCC4)c(=O)[nH]c2=O)C[C@@H]1O[Si](C)(C)C(C)(C)C. The van der Waals surface area contributed by atoms with Gasteiger partial charge < -0.3 is 18.9 Å². The van der Waals surface area contributed by atoms with E-state index in [1.807, 2.05) is 0 Å². The zero-order valence-corrected chi connectivity index (χ0v) is 31.3. The molecule has 2 aliphatic heterocycles. The molecule has 2 aliphatic carbocycles. The van der Waals surface area contributed by atoms with Gasteiger partial charge in [-0.05, 0) is 61.9 Å². The number of nitrogens with one attached hydrogen (secondary N) is 2. The van der Waals surface area contributed by atoms with E-state index in [2.05, 4.69) is 78.0 Å². The van der Waals surface area contributed by atoms with Crippen LogP contribution in [0.5, 0.6) is 0 Å². The topological polar surface area (TPSA) is 129 Å². The number of dihydropyridines is 1. The highest BCUT2D eigenvalue weighted by Crippen LogP contribution is 2.45. The van der Waals surface area contributed by atoms with Gasteiger partial charge in [0.25, 0.3) is 5.56 Å². The molecule has 0 spiro atoms. The van der Waals surface area contributed by atoms with Crippen molar-refractivity contribution in [3.8, 4) is 0 Å². The Balaban J connectivity index is 1.55. The van der Waals surface area contributed by atoms with Gasteiger partial charge in [0.1, 0.15) is 12.3 Å². The fourth-order valence-electron chi connectivity index (χ4n) is 6.42. The van der Waals surface area contributed by atoms with Crippen molar-refractivity contribution in [2.75, 3.05) is 6.61 Å². The van der Waals surface area contributed by atoms with Crippen molar-refractivity contribution in [3.63, 3.8) is 0 Å². The van der Waals surface area contributed by atoms with Crippen LogP contribution in [0.3, 0.4) is 0 Å². The van der Waals surface area contributed by atoms with Gasteiger partial charge in [-0.15, -0.1) is 0 Å². The van der Waals surface area contributed by atoms with Crippen molar-refractivity contribution in [1.29, 1.82) is 0 Å². The maximum atomic E-state index is 13.6. The second kappa shape index (κ2) is 12.3. The molecule has 254 valence electrons. The minimum atomic E-state index is -2.23. The molecule has 12 heteroatoms. The predicted molar refractivity (Wildman–Crippen MR) is 183 cm³/mol. The molecule has 0 bridgehead atoms. The van der Waals surface area contributed by atoms with Gasteiger partial charge >= 0.3 is 5.69 Å². The summed E-state index contributed by atoms with van der Waals surface area (Å²) in [5, 5.41) is 3.36. The van der Waals surface area contributed by atoms with E-state index < -0.39 is 46.1 Å². The number of carbonyl (C=O) groups is 2. The number of nitrogens with zero attached hydrogens (tertiary/aromatic N) is 1. The molecule has 3 atom stereocenters. The molecule has 0 radical (unpaired) electrons. The van der Waals surface area contributed by atoms with Crippen LogP contribution in [0.1, 0.15) is 104 Å². The standard InChI is InChI=1S/C34H53N3O7Si2/c1-33(2,3)45(7,8)42-19-26-25(44-46(9,10)34(4,5)6)17-27(43-26)37-18-20(31(40)36-32(37)41)28-29-21(13-11-15-23(29)38)35-22-14-12-16-24(39)30(22)28/h18,25-28,35H,11-17,19H2,1-10H3,(H,36,40,41)/t25-,26+,27+/m0/s1. The van der Waals surface area contributed by atoms with Gasteiger partial charge in [-0.3, -0.25) is 23.9 Å². The highest BCUT2D eigenvalue weighted by atomic mass is 28.4. The number of H-pyrrole nitrogens is 1. The fourth-order valence-corrected chi connectivity index (χ4v) is 8.79. The van der Waals surface area contributed by atoms with Crippen molar-refractivity contribution in [3.05, 3.63) is 55.1 Å². The molecule has 1 saturated heterocycles. The number of ketones is 2. The Morgan fingerprint density at radius 1 is 0.848 bits per heavy atom. The normalized spacial score (nSPS) is 25.1. The molecule has 2 N–H and O–H groups in total. The van der Waals surface area contributed by atoms with Crippen LogP contribution in [0.4, 0.5) is 0 Å². The van der Waals surface area contributed by atoms with Crippen molar-refractivity contribution >= 4 is 28.2 Å². The molecule has 4 aliphatic rings. The van der Waals surface area contributed by atoms with E-state index in [4.69, 9.17) is 13.6 Å². The molecular formula is C34H53N3O7Si2. The van der Waals surface area contributed by atoms with Gasteiger partial charge in [-0.25, -0.2) is 4.79 Å². The highest BCUT2D eigenvalue weighted by Gasteiger charge is 2.47. The lowest BCUT2D eigenvalue weighted by Crippen LogP contribution is -2.48. The Bertz CT molecular complexity index is 1550. The van der Waals surface area contributed by atoms with Crippen LogP contribution in [0, 0.1) is 0 Å². The molecule has 0 aromatic carbocycles. The Morgan fingerprint density at radius 3 is 1.91 bits per heavy atom. The zero-order chi connectivity index (χ0) is 34.0. The van der Waals surface area contributed by atoms with Gasteiger partial charge in [0.2, 0.25) is 0 Å². The number of aromatic nitrogens is 2. The first-order chi connectivity index (χ1) is 21.2. The average molecular weight is 672 g/mol. The fraction of sp³-hybridized carbons (Fsp3) is 0.706. The first-order valence-corrected chi connectivity index (χ1v) is 22.7. The monoisotopic (exact) mass is 671 g/mol. The van der Waals surface area contributed by atoms with Crippen LogP contribution in [0.2, 0.25) is 36.3 Å². The van der Waals surface area contributed by atoms with Crippen LogP contribution in [-0.4, -0.2) is 56.6 Å². The number of Topliss-reactive ketones (excluding diaryl/α,β-unsaturated/α-hetero) is 2. The zero-order valence-electron chi connectivity index (χ0n) is 29.3. The van der Waals surface area contributed by atoms with Crippen LogP contribution >= 0.6 is 0 Å². The average Bonchev–Trinajstić information content (AvgIpc) is 3.31. The number of carbonyl (C=O) groups excluding carboxylic acids is 2. The number of hydrogen-bond acceptors (Lipinski definition) is 8. The number of hydrogen-bond donors (Lipinski definition) is 2. The van der Waals surface area contributed by atoms with Gasteiger partial charge in [0.05, 0.1) is 18.6 Å².